The number of rotatable bonds is 16. The summed E-state index contributed by atoms with van der Waals surface area (Å²) < 4.78 is 103. The van der Waals surface area contributed by atoms with Crippen molar-refractivity contribution in [2.45, 2.75) is 106 Å². The van der Waals surface area contributed by atoms with E-state index in [9.17, 15) is 58.7 Å². The smallest absolute Gasteiger partial charge is 0.303 e. The van der Waals surface area contributed by atoms with Gasteiger partial charge in [0.2, 0.25) is 5.69 Å². The van der Waals surface area contributed by atoms with E-state index in [0.717, 1.165) is 0 Å². The van der Waals surface area contributed by atoms with Crippen LogP contribution in [-0.2, 0) is 50.8 Å². The molecule has 296 valence electrons. The number of nitrogens with zero attached hydrogens (tertiary/aromatic N) is 2. The summed E-state index contributed by atoms with van der Waals surface area (Å²) >= 11 is 0. The third-order valence-corrected chi connectivity index (χ3v) is 13.8. The van der Waals surface area contributed by atoms with Crippen LogP contribution in [0, 0.1) is 5.41 Å². The third kappa shape index (κ3) is 7.11. The van der Waals surface area contributed by atoms with E-state index >= 15 is 0 Å². The van der Waals surface area contributed by atoms with Crippen molar-refractivity contribution >= 4 is 59.2 Å². The molecule has 1 aliphatic carbocycles. The van der Waals surface area contributed by atoms with Gasteiger partial charge in [-0.25, -0.2) is 0 Å². The second-order valence-corrected chi connectivity index (χ2v) is 19.6. The van der Waals surface area contributed by atoms with E-state index in [1.165, 1.54) is 30.3 Å². The summed E-state index contributed by atoms with van der Waals surface area (Å²) in [5.74, 6) is -2.19. The van der Waals surface area contributed by atoms with Crippen LogP contribution in [0.5, 0.6) is 0 Å². The molecule has 2 aliphatic heterocycles. The Morgan fingerprint density at radius 2 is 1.43 bits per heavy atom. The molecule has 0 amide bonds. The van der Waals surface area contributed by atoms with E-state index in [2.05, 4.69) is 0 Å². The summed E-state index contributed by atoms with van der Waals surface area (Å²) in [6, 6.07) is 7.25. The Balaban J connectivity index is 1.68. The summed E-state index contributed by atoms with van der Waals surface area (Å²) in [6.07, 6.45) is 1.78. The largest absolute Gasteiger partial charge is 0.510 e. The van der Waals surface area contributed by atoms with Crippen molar-refractivity contribution in [1.29, 1.82) is 0 Å². The number of carbonyl (C=O) groups excluding carboxylic acids is 1. The Hall–Kier alpha value is -3.68. The lowest BCUT2D eigenvalue weighted by Crippen LogP contribution is -2.60. The number of Topliss-reactive ketones (excluding diaryl/α,β-unsaturated/α-hetero) is 1. The van der Waals surface area contributed by atoms with Gasteiger partial charge < -0.3 is 15.1 Å². The van der Waals surface area contributed by atoms with Crippen LogP contribution in [0.25, 0.3) is 0 Å². The van der Waals surface area contributed by atoms with Gasteiger partial charge in [-0.3, -0.25) is 23.2 Å². The van der Waals surface area contributed by atoms with Crippen LogP contribution in [0.15, 0.2) is 57.5 Å². The van der Waals surface area contributed by atoms with Gasteiger partial charge in [-0.05, 0) is 89.3 Å². The molecule has 54 heavy (non-hydrogen) atoms. The van der Waals surface area contributed by atoms with Crippen molar-refractivity contribution in [1.82, 2.24) is 0 Å². The summed E-state index contributed by atoms with van der Waals surface area (Å²) in [7, 11) is -13.5. The lowest BCUT2D eigenvalue weighted by molar-refractivity contribution is -0.437. The van der Waals surface area contributed by atoms with Crippen molar-refractivity contribution < 1.29 is 63.3 Å². The van der Waals surface area contributed by atoms with Crippen molar-refractivity contribution in [2.24, 2.45) is 5.41 Å². The Kier molecular flexibility index (Phi) is 10.8. The molecule has 2 aromatic rings. The summed E-state index contributed by atoms with van der Waals surface area (Å²) in [5.41, 5.74) is -1.17. The molecule has 5 rings (SSSR count). The molecular formula is C36H47N2O13S3+. The second-order valence-electron chi connectivity index (χ2n) is 15.2. The highest BCUT2D eigenvalue weighted by molar-refractivity contribution is 7.86. The Morgan fingerprint density at radius 1 is 0.833 bits per heavy atom. The van der Waals surface area contributed by atoms with Crippen LogP contribution in [0.4, 0.5) is 11.4 Å². The fourth-order valence-corrected chi connectivity index (χ4v) is 10.5. The number of unbranched alkanes of at least 4 members (excludes halogenated alkanes) is 3. The number of fused-ring (bicyclic) bond motifs is 2. The summed E-state index contributed by atoms with van der Waals surface area (Å²) in [6.45, 7) is 9.28. The topological polar surface area (TPSA) is 244 Å². The van der Waals surface area contributed by atoms with Gasteiger partial charge in [0.05, 0.1) is 32.6 Å². The summed E-state index contributed by atoms with van der Waals surface area (Å²) in [5, 5.41) is 21.5. The number of anilines is 1. The van der Waals surface area contributed by atoms with Crippen LogP contribution in [0.1, 0.15) is 90.7 Å². The van der Waals surface area contributed by atoms with Crippen molar-refractivity contribution in [2.75, 3.05) is 23.7 Å². The van der Waals surface area contributed by atoms with E-state index in [-0.39, 0.29) is 42.0 Å². The zero-order valence-corrected chi connectivity index (χ0v) is 33.2. The van der Waals surface area contributed by atoms with E-state index in [4.69, 9.17) is 0 Å². The van der Waals surface area contributed by atoms with Crippen LogP contribution >= 0.6 is 0 Å². The minimum atomic E-state index is -4.68. The highest BCUT2D eigenvalue weighted by Crippen LogP contribution is 2.59. The molecule has 0 saturated carbocycles. The van der Waals surface area contributed by atoms with Crippen LogP contribution < -0.4 is 4.90 Å². The number of carboxylic acid groups (broad SMARTS) is 1. The fourth-order valence-electron chi connectivity index (χ4n) is 8.91. The second kappa shape index (κ2) is 14.1. The third-order valence-electron chi connectivity index (χ3n) is 11.3. The van der Waals surface area contributed by atoms with Gasteiger partial charge in [-0.1, -0.05) is 19.8 Å². The molecule has 5 N–H and O–H groups in total. The fraction of sp³-hybridized carbons (Fsp3) is 0.528. The lowest BCUT2D eigenvalue weighted by Gasteiger charge is -2.47. The molecule has 2 heterocycles. The maximum atomic E-state index is 15.0. The minimum Gasteiger partial charge on any atom is -0.510 e. The van der Waals surface area contributed by atoms with Gasteiger partial charge in [-0.15, -0.1) is 0 Å². The number of ketones is 1. The molecular weight excluding hydrogens is 765 g/mol. The molecule has 3 aliphatic rings. The first-order chi connectivity index (χ1) is 24.8. The molecule has 2 aromatic carbocycles. The molecule has 0 aromatic heterocycles. The highest BCUT2D eigenvalue weighted by Gasteiger charge is 2.68. The lowest BCUT2D eigenvalue weighted by atomic mass is 9.56. The quantitative estimate of drug-likeness (QED) is 0.0867. The molecule has 0 radical (unpaired) electrons. The van der Waals surface area contributed by atoms with Crippen molar-refractivity contribution in [3.05, 3.63) is 58.9 Å². The minimum absolute atomic E-state index is 0.0406. The SMILES string of the molecule is CC[N+]1=C(C2(C)C(=O)C(C3N(CCCCS(=O)(=O)O)c4ccc(S(=O)(=O)O)cc4C3(C)CCCCCC(=O)O)=C2O)C(C)(C)c2cc(S(=O)(=O)O)ccc21. The number of aliphatic carboxylic acids is 1. The number of allylic oxidation sites excluding steroid dienone is 1. The van der Waals surface area contributed by atoms with Crippen LogP contribution in [0.3, 0.4) is 0 Å². The molecule has 0 spiro atoms. The first-order valence-corrected chi connectivity index (χ1v) is 22.1. The van der Waals surface area contributed by atoms with Crippen LogP contribution in [-0.4, -0.2) is 96.0 Å². The Labute approximate surface area is 315 Å². The molecule has 0 fully saturated rings. The maximum Gasteiger partial charge on any atom is 0.303 e. The van der Waals surface area contributed by atoms with E-state index < -0.39 is 75.0 Å². The molecule has 3 unspecified atom stereocenters. The molecule has 15 nitrogen and oxygen atoms in total. The number of aliphatic hydroxyl groups is 1. The van der Waals surface area contributed by atoms with E-state index in [1.54, 1.807) is 33.8 Å². The number of carbonyl (C=O) groups is 2. The monoisotopic (exact) mass is 811 g/mol. The van der Waals surface area contributed by atoms with E-state index in [1.807, 2.05) is 16.4 Å². The van der Waals surface area contributed by atoms with E-state index in [0.29, 0.717) is 60.4 Å². The Bertz CT molecular complexity index is 2310. The highest BCUT2D eigenvalue weighted by atomic mass is 32.2. The standard InChI is InChI=1S/C36H46N2O13S3/c1-6-37-26-15-13-22(53(46,47)48)20-24(26)34(2,3)33(37)36(5)31(41)29(32(36)42)30-35(4,17-9-7-8-12-28(39)40)25-21-23(54(49,50)51)14-16-27(25)38(30)18-10-11-19-52(43,44)45/h13-16,20-21,30H,6-12,17-19H2,1-5H3,(H4-,39,40,41,42,43,44,45,46,47,48,49,50,51)/p+1. The number of aliphatic hydroxyl groups excluding tert-OH is 1. The Morgan fingerprint density at radius 3 is 1.96 bits per heavy atom. The van der Waals surface area contributed by atoms with Crippen molar-refractivity contribution in [3.8, 4) is 0 Å². The van der Waals surface area contributed by atoms with Gasteiger partial charge in [-0.2, -0.15) is 29.8 Å². The molecule has 0 saturated heterocycles. The average molecular weight is 812 g/mol. The van der Waals surface area contributed by atoms with Crippen LogP contribution in [0.2, 0.25) is 0 Å². The zero-order chi connectivity index (χ0) is 40.4. The number of carboxylic acids is 1. The number of benzene rings is 2. The summed E-state index contributed by atoms with van der Waals surface area (Å²) in [4.78, 5) is 27.3. The zero-order valence-electron chi connectivity index (χ0n) is 30.7. The predicted molar refractivity (Wildman–Crippen MR) is 199 cm³/mol. The molecule has 0 bridgehead atoms. The number of hydrogen-bond acceptors (Lipinski definition) is 10. The molecule has 3 atom stereocenters. The van der Waals surface area contributed by atoms with Gasteiger partial charge in [0.25, 0.3) is 30.4 Å². The molecule has 18 heteroatoms. The first kappa shape index (κ1) is 41.5. The van der Waals surface area contributed by atoms with Crippen molar-refractivity contribution in [3.63, 3.8) is 0 Å². The predicted octanol–water partition coefficient (Wildman–Crippen LogP) is 4.83. The van der Waals surface area contributed by atoms with Gasteiger partial charge in [0, 0.05) is 35.7 Å². The average Bonchev–Trinajstić information content (AvgIpc) is 3.44. The number of hydrogen-bond donors (Lipinski definition) is 5. The van der Waals surface area contributed by atoms with Gasteiger partial charge >= 0.3 is 5.97 Å². The first-order valence-electron chi connectivity index (χ1n) is 17.6. The van der Waals surface area contributed by atoms with Gasteiger partial charge in [0.1, 0.15) is 12.3 Å². The normalized spacial score (nSPS) is 23.8. The maximum absolute atomic E-state index is 15.0. The van der Waals surface area contributed by atoms with Gasteiger partial charge in [0.15, 0.2) is 16.9 Å².